The molecule has 0 radical (unpaired) electrons. The van der Waals surface area contributed by atoms with Crippen LogP contribution in [0, 0.1) is 6.92 Å². The van der Waals surface area contributed by atoms with E-state index in [1.807, 2.05) is 0 Å². The van der Waals surface area contributed by atoms with Gasteiger partial charge in [-0.05, 0) is 31.9 Å². The Morgan fingerprint density at radius 2 is 2.19 bits per heavy atom. The Morgan fingerprint density at radius 1 is 1.44 bits per heavy atom. The van der Waals surface area contributed by atoms with Crippen molar-refractivity contribution in [2.24, 2.45) is 0 Å². The van der Waals surface area contributed by atoms with Crippen molar-refractivity contribution in [3.8, 4) is 0 Å². The second-order valence-corrected chi connectivity index (χ2v) is 3.93. The maximum absolute atomic E-state index is 11.5. The maximum Gasteiger partial charge on any atom is 0.287 e. The summed E-state index contributed by atoms with van der Waals surface area (Å²) in [6.07, 6.45) is 2.08. The van der Waals surface area contributed by atoms with Crippen LogP contribution in [0.2, 0.25) is 0 Å². The summed E-state index contributed by atoms with van der Waals surface area (Å²) in [5, 5.41) is 5.28. The van der Waals surface area contributed by atoms with Crippen molar-refractivity contribution in [2.75, 3.05) is 6.54 Å². The molecule has 0 bridgehead atoms. The van der Waals surface area contributed by atoms with Crippen LogP contribution in [-0.2, 0) is 4.79 Å². The third-order valence-corrected chi connectivity index (χ3v) is 2.32. The van der Waals surface area contributed by atoms with Crippen LogP contribution in [0.1, 0.15) is 29.2 Å². The van der Waals surface area contributed by atoms with E-state index in [1.54, 1.807) is 19.1 Å². The van der Waals surface area contributed by atoms with E-state index in [9.17, 15) is 9.59 Å². The molecule has 1 aliphatic rings. The quantitative estimate of drug-likeness (QED) is 0.783. The van der Waals surface area contributed by atoms with Crippen LogP contribution in [0.25, 0.3) is 0 Å². The summed E-state index contributed by atoms with van der Waals surface area (Å²) in [6.45, 7) is 1.76. The average Bonchev–Trinajstić information content (AvgIpc) is 2.95. The van der Waals surface area contributed by atoms with Gasteiger partial charge in [0.15, 0.2) is 5.76 Å². The van der Waals surface area contributed by atoms with Crippen molar-refractivity contribution in [1.29, 1.82) is 0 Å². The van der Waals surface area contributed by atoms with Crippen LogP contribution in [0.3, 0.4) is 0 Å². The highest BCUT2D eigenvalue weighted by Crippen LogP contribution is 2.18. The molecule has 0 spiro atoms. The number of nitrogens with one attached hydrogen (secondary N) is 2. The lowest BCUT2D eigenvalue weighted by atomic mass is 10.4. The van der Waals surface area contributed by atoms with E-state index in [0.29, 0.717) is 11.8 Å². The molecule has 1 saturated carbocycles. The zero-order valence-electron chi connectivity index (χ0n) is 9.08. The number of hydrogen-bond donors (Lipinski definition) is 2. The molecule has 1 aromatic heterocycles. The fourth-order valence-electron chi connectivity index (χ4n) is 1.31. The monoisotopic (exact) mass is 222 g/mol. The van der Waals surface area contributed by atoms with Crippen LogP contribution in [-0.4, -0.2) is 24.4 Å². The lowest BCUT2D eigenvalue weighted by Gasteiger charge is -2.03. The smallest absolute Gasteiger partial charge is 0.287 e. The van der Waals surface area contributed by atoms with Gasteiger partial charge in [0.2, 0.25) is 5.91 Å². The fraction of sp³-hybridized carbons (Fsp3) is 0.455. The molecule has 1 aliphatic carbocycles. The van der Waals surface area contributed by atoms with Gasteiger partial charge in [-0.25, -0.2) is 0 Å². The van der Waals surface area contributed by atoms with Crippen LogP contribution in [0.15, 0.2) is 16.5 Å². The molecule has 16 heavy (non-hydrogen) atoms. The second-order valence-electron chi connectivity index (χ2n) is 3.93. The fourth-order valence-corrected chi connectivity index (χ4v) is 1.31. The summed E-state index contributed by atoms with van der Waals surface area (Å²) in [6, 6.07) is 3.61. The van der Waals surface area contributed by atoms with Gasteiger partial charge in [-0.2, -0.15) is 0 Å². The number of rotatable bonds is 4. The summed E-state index contributed by atoms with van der Waals surface area (Å²) in [4.78, 5) is 22.8. The summed E-state index contributed by atoms with van der Waals surface area (Å²) < 4.78 is 5.13. The molecular weight excluding hydrogens is 208 g/mol. The van der Waals surface area contributed by atoms with Crippen LogP contribution < -0.4 is 10.6 Å². The topological polar surface area (TPSA) is 71.3 Å². The molecule has 1 heterocycles. The highest BCUT2D eigenvalue weighted by molar-refractivity contribution is 5.94. The van der Waals surface area contributed by atoms with Crippen LogP contribution in [0.4, 0.5) is 0 Å². The standard InChI is InChI=1S/C11H14N2O3/c1-7-2-5-9(16-7)11(15)12-6-10(14)13-8-3-4-8/h2,5,8H,3-4,6H2,1H3,(H,12,15)(H,13,14). The van der Waals surface area contributed by atoms with E-state index in [2.05, 4.69) is 10.6 Å². The maximum atomic E-state index is 11.5. The Hall–Kier alpha value is -1.78. The van der Waals surface area contributed by atoms with Crippen molar-refractivity contribution < 1.29 is 14.0 Å². The zero-order valence-corrected chi connectivity index (χ0v) is 9.08. The van der Waals surface area contributed by atoms with Gasteiger partial charge in [-0.1, -0.05) is 0 Å². The van der Waals surface area contributed by atoms with Crippen LogP contribution >= 0.6 is 0 Å². The summed E-state index contributed by atoms with van der Waals surface area (Å²) in [5.74, 6) is 0.391. The van der Waals surface area contributed by atoms with E-state index < -0.39 is 0 Å². The largest absolute Gasteiger partial charge is 0.456 e. The highest BCUT2D eigenvalue weighted by Gasteiger charge is 2.23. The van der Waals surface area contributed by atoms with Crippen molar-refractivity contribution >= 4 is 11.8 Å². The summed E-state index contributed by atoms with van der Waals surface area (Å²) >= 11 is 0. The molecule has 2 N–H and O–H groups in total. The summed E-state index contributed by atoms with van der Waals surface area (Å²) in [5.41, 5.74) is 0. The molecule has 1 aromatic rings. The molecule has 0 aliphatic heterocycles. The second kappa shape index (κ2) is 4.38. The Bertz CT molecular complexity index is 407. The van der Waals surface area contributed by atoms with E-state index >= 15 is 0 Å². The van der Waals surface area contributed by atoms with Crippen molar-refractivity contribution in [3.05, 3.63) is 23.7 Å². The van der Waals surface area contributed by atoms with Gasteiger partial charge in [-0.3, -0.25) is 9.59 Å². The van der Waals surface area contributed by atoms with Gasteiger partial charge in [-0.15, -0.1) is 0 Å². The predicted octanol–water partition coefficient (Wildman–Crippen LogP) is 0.596. The third kappa shape index (κ3) is 2.85. The normalized spacial score (nSPS) is 14.6. The van der Waals surface area contributed by atoms with Crippen molar-refractivity contribution in [3.63, 3.8) is 0 Å². The van der Waals surface area contributed by atoms with Gasteiger partial charge in [0.1, 0.15) is 5.76 Å². The molecule has 5 nitrogen and oxygen atoms in total. The molecule has 0 atom stereocenters. The average molecular weight is 222 g/mol. The number of aryl methyl sites for hydroxylation is 1. The van der Waals surface area contributed by atoms with Crippen molar-refractivity contribution in [2.45, 2.75) is 25.8 Å². The Kier molecular flexibility index (Phi) is 2.94. The first kappa shape index (κ1) is 10.7. The minimum atomic E-state index is -0.362. The van der Waals surface area contributed by atoms with Gasteiger partial charge < -0.3 is 15.1 Å². The molecule has 0 saturated heterocycles. The molecule has 1 fully saturated rings. The van der Waals surface area contributed by atoms with E-state index in [0.717, 1.165) is 12.8 Å². The Balaban J connectivity index is 1.76. The molecular formula is C11H14N2O3. The number of furan rings is 1. The molecule has 0 aromatic carbocycles. The minimum absolute atomic E-state index is 0.00488. The number of carbonyl (C=O) groups is 2. The third-order valence-electron chi connectivity index (χ3n) is 2.32. The summed E-state index contributed by atoms with van der Waals surface area (Å²) in [7, 11) is 0. The van der Waals surface area contributed by atoms with Crippen LogP contribution in [0.5, 0.6) is 0 Å². The van der Waals surface area contributed by atoms with E-state index in [-0.39, 0.29) is 24.1 Å². The minimum Gasteiger partial charge on any atom is -0.456 e. The molecule has 0 unspecified atom stereocenters. The number of amides is 2. The van der Waals surface area contributed by atoms with Gasteiger partial charge >= 0.3 is 0 Å². The van der Waals surface area contributed by atoms with Gasteiger partial charge in [0.05, 0.1) is 6.54 Å². The first-order valence-corrected chi connectivity index (χ1v) is 5.29. The highest BCUT2D eigenvalue weighted by atomic mass is 16.3. The SMILES string of the molecule is Cc1ccc(C(=O)NCC(=O)NC2CC2)o1. The van der Waals surface area contributed by atoms with E-state index in [1.165, 1.54) is 0 Å². The molecule has 2 amide bonds. The first-order valence-electron chi connectivity index (χ1n) is 5.29. The lowest BCUT2D eigenvalue weighted by Crippen LogP contribution is -2.37. The Labute approximate surface area is 93.2 Å². The van der Waals surface area contributed by atoms with E-state index in [4.69, 9.17) is 4.42 Å². The van der Waals surface area contributed by atoms with Gasteiger partial charge in [0.25, 0.3) is 5.91 Å². The molecule has 2 rings (SSSR count). The number of carbonyl (C=O) groups excluding carboxylic acids is 2. The van der Waals surface area contributed by atoms with Gasteiger partial charge in [0, 0.05) is 6.04 Å². The lowest BCUT2D eigenvalue weighted by molar-refractivity contribution is -0.120. The number of hydrogen-bond acceptors (Lipinski definition) is 3. The van der Waals surface area contributed by atoms with Crippen molar-refractivity contribution in [1.82, 2.24) is 10.6 Å². The molecule has 5 heteroatoms. The molecule has 86 valence electrons. The predicted molar refractivity (Wildman–Crippen MR) is 56.9 cm³/mol. The first-order chi connectivity index (χ1) is 7.65. The zero-order chi connectivity index (χ0) is 11.5. The Morgan fingerprint density at radius 3 is 2.75 bits per heavy atom.